The van der Waals surface area contributed by atoms with Gasteiger partial charge in [0.25, 0.3) is 0 Å². The number of aryl methyl sites for hydroxylation is 2. The second kappa shape index (κ2) is 3.42. The molecule has 78 valence electrons. The number of carboxylic acid groups (broad SMARTS) is 1. The number of hydrogen-bond acceptors (Lipinski definition) is 2. The van der Waals surface area contributed by atoms with Gasteiger partial charge in [-0.2, -0.15) is 0 Å². The molecule has 0 aliphatic heterocycles. The van der Waals surface area contributed by atoms with Crippen LogP contribution in [0.3, 0.4) is 0 Å². The van der Waals surface area contributed by atoms with E-state index in [-0.39, 0.29) is 5.69 Å². The standard InChI is InChI=1S/C12H13NO2/c1-3-8-9-6-7(2)4-5-10(9)13-11(8)12(14)15/h4-6,13H,3H2,1-2H3,(H,14,15)/p-1. The van der Waals surface area contributed by atoms with Gasteiger partial charge in [0.05, 0.1) is 11.7 Å². The lowest BCUT2D eigenvalue weighted by atomic mass is 10.1. The molecule has 0 bridgehead atoms. The highest BCUT2D eigenvalue weighted by atomic mass is 16.4. The summed E-state index contributed by atoms with van der Waals surface area (Å²) >= 11 is 0. The van der Waals surface area contributed by atoms with E-state index >= 15 is 0 Å². The molecule has 1 heterocycles. The first-order valence-corrected chi connectivity index (χ1v) is 4.96. The van der Waals surface area contributed by atoms with Gasteiger partial charge in [-0.25, -0.2) is 0 Å². The summed E-state index contributed by atoms with van der Waals surface area (Å²) in [5.74, 6) is -1.14. The lowest BCUT2D eigenvalue weighted by molar-refractivity contribution is -0.255. The first-order valence-electron chi connectivity index (χ1n) is 4.96. The number of aromatic amines is 1. The molecule has 2 rings (SSSR count). The Morgan fingerprint density at radius 1 is 1.47 bits per heavy atom. The van der Waals surface area contributed by atoms with Crippen LogP contribution in [0.2, 0.25) is 0 Å². The van der Waals surface area contributed by atoms with Crippen molar-refractivity contribution in [3.05, 3.63) is 35.0 Å². The maximum absolute atomic E-state index is 10.9. The number of fused-ring (bicyclic) bond motifs is 1. The Balaban J connectivity index is 2.79. The highest BCUT2D eigenvalue weighted by molar-refractivity contribution is 5.96. The fourth-order valence-corrected chi connectivity index (χ4v) is 1.90. The lowest BCUT2D eigenvalue weighted by Gasteiger charge is -2.01. The molecule has 0 fully saturated rings. The average molecular weight is 202 g/mol. The van der Waals surface area contributed by atoms with E-state index < -0.39 is 5.97 Å². The Labute approximate surface area is 87.7 Å². The van der Waals surface area contributed by atoms with Crippen molar-refractivity contribution in [2.75, 3.05) is 0 Å². The van der Waals surface area contributed by atoms with E-state index in [1.165, 1.54) is 0 Å². The number of H-pyrrole nitrogens is 1. The Hall–Kier alpha value is -1.77. The van der Waals surface area contributed by atoms with E-state index in [0.29, 0.717) is 6.42 Å². The van der Waals surface area contributed by atoms with Crippen molar-refractivity contribution in [2.24, 2.45) is 0 Å². The molecular formula is C12H12NO2-. The Morgan fingerprint density at radius 3 is 2.80 bits per heavy atom. The van der Waals surface area contributed by atoms with Gasteiger partial charge in [0.2, 0.25) is 0 Å². The first kappa shape index (κ1) is 9.77. The molecular weight excluding hydrogens is 190 g/mol. The molecule has 3 nitrogen and oxygen atoms in total. The van der Waals surface area contributed by atoms with Crippen LogP contribution in [0.1, 0.15) is 28.5 Å². The van der Waals surface area contributed by atoms with Gasteiger partial charge in [-0.05, 0) is 31.0 Å². The molecule has 3 heteroatoms. The van der Waals surface area contributed by atoms with E-state index in [1.54, 1.807) is 0 Å². The number of hydrogen-bond donors (Lipinski definition) is 1. The molecule has 0 spiro atoms. The molecule has 1 aromatic carbocycles. The van der Waals surface area contributed by atoms with Crippen LogP contribution in [-0.4, -0.2) is 11.0 Å². The number of carbonyl (C=O) groups excluding carboxylic acids is 1. The number of aromatic nitrogens is 1. The van der Waals surface area contributed by atoms with Crippen LogP contribution >= 0.6 is 0 Å². The maximum Gasteiger partial charge on any atom is 0.0881 e. The minimum Gasteiger partial charge on any atom is -0.543 e. The number of benzene rings is 1. The van der Waals surface area contributed by atoms with E-state index in [0.717, 1.165) is 22.0 Å². The predicted octanol–water partition coefficient (Wildman–Crippen LogP) is 1.40. The smallest absolute Gasteiger partial charge is 0.0881 e. The van der Waals surface area contributed by atoms with Crippen LogP contribution in [0.25, 0.3) is 10.9 Å². The molecule has 0 radical (unpaired) electrons. The van der Waals surface area contributed by atoms with Gasteiger partial charge < -0.3 is 14.9 Å². The summed E-state index contributed by atoms with van der Waals surface area (Å²) in [5.41, 5.74) is 3.02. The summed E-state index contributed by atoms with van der Waals surface area (Å²) in [6.07, 6.45) is 0.687. The predicted molar refractivity (Wildman–Crippen MR) is 56.7 cm³/mol. The molecule has 0 aliphatic rings. The number of aromatic carboxylic acids is 1. The van der Waals surface area contributed by atoms with Crippen LogP contribution in [0, 0.1) is 6.92 Å². The normalized spacial score (nSPS) is 10.8. The molecule has 15 heavy (non-hydrogen) atoms. The molecule has 0 saturated carbocycles. The monoisotopic (exact) mass is 202 g/mol. The van der Waals surface area contributed by atoms with E-state index in [4.69, 9.17) is 0 Å². The Bertz CT molecular complexity index is 526. The van der Waals surface area contributed by atoms with Gasteiger partial charge >= 0.3 is 0 Å². The summed E-state index contributed by atoms with van der Waals surface area (Å²) in [5, 5.41) is 11.9. The first-order chi connectivity index (χ1) is 7.13. The quantitative estimate of drug-likeness (QED) is 0.800. The molecule has 1 N–H and O–H groups in total. The Morgan fingerprint density at radius 2 is 2.20 bits per heavy atom. The van der Waals surface area contributed by atoms with Crippen molar-refractivity contribution in [3.63, 3.8) is 0 Å². The Kier molecular flexibility index (Phi) is 2.23. The highest BCUT2D eigenvalue weighted by Crippen LogP contribution is 2.23. The van der Waals surface area contributed by atoms with Crippen molar-refractivity contribution in [3.8, 4) is 0 Å². The highest BCUT2D eigenvalue weighted by Gasteiger charge is 2.10. The van der Waals surface area contributed by atoms with Gasteiger partial charge in [-0.3, -0.25) is 0 Å². The third kappa shape index (κ3) is 1.50. The van der Waals surface area contributed by atoms with Crippen molar-refractivity contribution >= 4 is 16.9 Å². The average Bonchev–Trinajstić information content (AvgIpc) is 2.55. The zero-order valence-corrected chi connectivity index (χ0v) is 8.76. The van der Waals surface area contributed by atoms with Crippen LogP contribution in [0.4, 0.5) is 0 Å². The zero-order valence-electron chi connectivity index (χ0n) is 8.76. The van der Waals surface area contributed by atoms with Gasteiger partial charge in [-0.1, -0.05) is 18.6 Å². The number of carbonyl (C=O) groups is 1. The third-order valence-electron chi connectivity index (χ3n) is 2.62. The van der Waals surface area contributed by atoms with E-state index in [1.807, 2.05) is 32.0 Å². The maximum atomic E-state index is 10.9. The minimum absolute atomic E-state index is 0.207. The van der Waals surface area contributed by atoms with Gasteiger partial charge in [0, 0.05) is 10.9 Å². The van der Waals surface area contributed by atoms with Crippen molar-refractivity contribution in [1.29, 1.82) is 0 Å². The molecule has 0 amide bonds. The molecule has 2 aromatic rings. The summed E-state index contributed by atoms with van der Waals surface area (Å²) in [7, 11) is 0. The van der Waals surface area contributed by atoms with E-state index in [9.17, 15) is 9.90 Å². The summed E-state index contributed by atoms with van der Waals surface area (Å²) in [4.78, 5) is 13.8. The third-order valence-corrected chi connectivity index (χ3v) is 2.62. The largest absolute Gasteiger partial charge is 0.543 e. The van der Waals surface area contributed by atoms with Crippen molar-refractivity contribution in [2.45, 2.75) is 20.3 Å². The SMILES string of the molecule is CCc1c(C(=O)[O-])[nH]c2ccc(C)cc12. The minimum atomic E-state index is -1.14. The van der Waals surface area contributed by atoms with E-state index in [2.05, 4.69) is 4.98 Å². The molecule has 0 unspecified atom stereocenters. The fraction of sp³-hybridized carbons (Fsp3) is 0.250. The fourth-order valence-electron chi connectivity index (χ4n) is 1.90. The summed E-state index contributed by atoms with van der Waals surface area (Å²) in [6.45, 7) is 3.93. The van der Waals surface area contributed by atoms with Crippen LogP contribution < -0.4 is 5.11 Å². The second-order valence-electron chi connectivity index (χ2n) is 3.67. The number of nitrogens with one attached hydrogen (secondary N) is 1. The number of rotatable bonds is 2. The van der Waals surface area contributed by atoms with Crippen LogP contribution in [0.15, 0.2) is 18.2 Å². The molecule has 0 atom stereocenters. The summed E-state index contributed by atoms with van der Waals surface area (Å²) < 4.78 is 0. The molecule has 1 aromatic heterocycles. The van der Waals surface area contributed by atoms with Crippen molar-refractivity contribution in [1.82, 2.24) is 4.98 Å². The number of carboxylic acids is 1. The zero-order chi connectivity index (χ0) is 11.0. The van der Waals surface area contributed by atoms with Gasteiger partial charge in [-0.15, -0.1) is 0 Å². The topological polar surface area (TPSA) is 55.9 Å². The summed E-state index contributed by atoms with van der Waals surface area (Å²) in [6, 6.07) is 5.85. The van der Waals surface area contributed by atoms with Crippen LogP contribution in [-0.2, 0) is 6.42 Å². The lowest BCUT2D eigenvalue weighted by Crippen LogP contribution is -2.23. The van der Waals surface area contributed by atoms with Crippen molar-refractivity contribution < 1.29 is 9.90 Å². The van der Waals surface area contributed by atoms with Gasteiger partial charge in [0.1, 0.15) is 0 Å². The van der Waals surface area contributed by atoms with Gasteiger partial charge in [0.15, 0.2) is 0 Å². The second-order valence-corrected chi connectivity index (χ2v) is 3.67. The molecule has 0 aliphatic carbocycles. The molecule has 0 saturated heterocycles. The van der Waals surface area contributed by atoms with Crippen LogP contribution in [0.5, 0.6) is 0 Å².